The lowest BCUT2D eigenvalue weighted by atomic mass is 10.0. The number of carbonyl (C=O) groups excluding carboxylic acids is 2. The van der Waals surface area contributed by atoms with Crippen LogP contribution in [-0.4, -0.2) is 60.6 Å². The second-order valence-electron chi connectivity index (χ2n) is 7.63. The van der Waals surface area contributed by atoms with Crippen LogP contribution in [0.4, 0.5) is 0 Å². The molecular weight excluding hydrogens is 344 g/mol. The maximum atomic E-state index is 13.1. The molecule has 3 rings (SSSR count). The first-order chi connectivity index (χ1) is 12.9. The molecule has 2 heterocycles. The van der Waals surface area contributed by atoms with Crippen molar-refractivity contribution < 1.29 is 19.1 Å². The molecule has 0 radical (unpaired) electrons. The van der Waals surface area contributed by atoms with Gasteiger partial charge in [0.15, 0.2) is 0 Å². The van der Waals surface area contributed by atoms with Crippen molar-refractivity contribution in [1.82, 2.24) is 9.80 Å². The summed E-state index contributed by atoms with van der Waals surface area (Å²) in [6.45, 7) is 10.9. The lowest BCUT2D eigenvalue weighted by molar-refractivity contribution is -0.139. The molecule has 0 N–H and O–H groups in total. The molecule has 6 nitrogen and oxygen atoms in total. The van der Waals surface area contributed by atoms with E-state index in [2.05, 4.69) is 13.8 Å². The molecule has 0 atom stereocenters. The van der Waals surface area contributed by atoms with E-state index >= 15 is 0 Å². The standard InChI is InChI=1S/C21H28N2O4/c1-14(2)13-27-17-7-5-16(6-8-17)18-19(22-9-11-26-12-10-22)21(25)23(15(3)4)20(18)24/h5-8,14-15H,9-13H2,1-4H3. The van der Waals surface area contributed by atoms with Crippen molar-refractivity contribution in [2.75, 3.05) is 32.9 Å². The van der Waals surface area contributed by atoms with E-state index in [1.807, 2.05) is 43.0 Å². The number of hydrogen-bond acceptors (Lipinski definition) is 5. The molecule has 27 heavy (non-hydrogen) atoms. The first kappa shape index (κ1) is 19.4. The van der Waals surface area contributed by atoms with Gasteiger partial charge in [-0.25, -0.2) is 0 Å². The van der Waals surface area contributed by atoms with Crippen LogP contribution in [0.25, 0.3) is 5.57 Å². The van der Waals surface area contributed by atoms with Crippen LogP contribution in [0.5, 0.6) is 5.75 Å². The van der Waals surface area contributed by atoms with Crippen molar-refractivity contribution in [2.45, 2.75) is 33.7 Å². The first-order valence-corrected chi connectivity index (χ1v) is 9.58. The van der Waals surface area contributed by atoms with Crippen LogP contribution >= 0.6 is 0 Å². The number of benzene rings is 1. The highest BCUT2D eigenvalue weighted by molar-refractivity contribution is 6.35. The molecule has 2 aliphatic rings. The third-order valence-corrected chi connectivity index (χ3v) is 4.66. The summed E-state index contributed by atoms with van der Waals surface area (Å²) >= 11 is 0. The Bertz CT molecular complexity index is 731. The maximum absolute atomic E-state index is 13.1. The van der Waals surface area contributed by atoms with Gasteiger partial charge >= 0.3 is 0 Å². The summed E-state index contributed by atoms with van der Waals surface area (Å²) in [5.74, 6) is 0.756. The third-order valence-electron chi connectivity index (χ3n) is 4.66. The van der Waals surface area contributed by atoms with Gasteiger partial charge in [0.25, 0.3) is 11.8 Å². The van der Waals surface area contributed by atoms with Crippen LogP contribution in [0.2, 0.25) is 0 Å². The van der Waals surface area contributed by atoms with Crippen LogP contribution in [0.1, 0.15) is 33.3 Å². The zero-order chi connectivity index (χ0) is 19.6. The van der Waals surface area contributed by atoms with E-state index < -0.39 is 0 Å². The summed E-state index contributed by atoms with van der Waals surface area (Å²) in [4.78, 5) is 29.4. The molecular formula is C21H28N2O4. The van der Waals surface area contributed by atoms with Gasteiger partial charge in [-0.1, -0.05) is 26.0 Å². The fourth-order valence-corrected chi connectivity index (χ4v) is 3.33. The maximum Gasteiger partial charge on any atom is 0.278 e. The number of morpholine rings is 1. The Balaban J connectivity index is 1.95. The lowest BCUT2D eigenvalue weighted by Crippen LogP contribution is -2.42. The van der Waals surface area contributed by atoms with Crippen molar-refractivity contribution in [2.24, 2.45) is 5.92 Å². The molecule has 0 aliphatic carbocycles. The fraction of sp³-hybridized carbons (Fsp3) is 0.524. The molecule has 0 saturated carbocycles. The highest BCUT2D eigenvalue weighted by Gasteiger charge is 2.42. The van der Waals surface area contributed by atoms with E-state index in [0.29, 0.717) is 50.1 Å². The van der Waals surface area contributed by atoms with Gasteiger partial charge in [-0.15, -0.1) is 0 Å². The molecule has 0 spiro atoms. The topological polar surface area (TPSA) is 59.1 Å². The third kappa shape index (κ3) is 4.00. The van der Waals surface area contributed by atoms with Gasteiger partial charge in [0.05, 0.1) is 25.4 Å². The highest BCUT2D eigenvalue weighted by Crippen LogP contribution is 2.33. The van der Waals surface area contributed by atoms with E-state index in [-0.39, 0.29) is 17.9 Å². The minimum Gasteiger partial charge on any atom is -0.493 e. The number of imide groups is 1. The van der Waals surface area contributed by atoms with E-state index in [9.17, 15) is 9.59 Å². The Morgan fingerprint density at radius 1 is 1.00 bits per heavy atom. The van der Waals surface area contributed by atoms with E-state index in [4.69, 9.17) is 9.47 Å². The zero-order valence-electron chi connectivity index (χ0n) is 16.5. The first-order valence-electron chi connectivity index (χ1n) is 9.58. The van der Waals surface area contributed by atoms with Gasteiger partial charge < -0.3 is 14.4 Å². The number of carbonyl (C=O) groups is 2. The van der Waals surface area contributed by atoms with Crippen molar-refractivity contribution in [1.29, 1.82) is 0 Å². The molecule has 1 saturated heterocycles. The minimum atomic E-state index is -0.229. The Morgan fingerprint density at radius 2 is 1.63 bits per heavy atom. The molecule has 6 heteroatoms. The van der Waals surface area contributed by atoms with E-state index in [1.54, 1.807) is 0 Å². The number of ether oxygens (including phenoxy) is 2. The normalized spacial score (nSPS) is 18.3. The average Bonchev–Trinajstić information content (AvgIpc) is 2.91. The smallest absolute Gasteiger partial charge is 0.278 e. The largest absolute Gasteiger partial charge is 0.493 e. The fourth-order valence-electron chi connectivity index (χ4n) is 3.33. The Kier molecular flexibility index (Phi) is 5.85. The van der Waals surface area contributed by atoms with E-state index in [0.717, 1.165) is 11.3 Å². The molecule has 146 valence electrons. The van der Waals surface area contributed by atoms with Crippen molar-refractivity contribution in [3.8, 4) is 5.75 Å². The van der Waals surface area contributed by atoms with Gasteiger partial charge in [0, 0.05) is 19.1 Å². The molecule has 1 aromatic rings. The summed E-state index contributed by atoms with van der Waals surface area (Å²) in [6, 6.07) is 7.25. The van der Waals surface area contributed by atoms with Crippen molar-refractivity contribution >= 4 is 17.4 Å². The Morgan fingerprint density at radius 3 is 2.19 bits per heavy atom. The quantitative estimate of drug-likeness (QED) is 0.718. The van der Waals surface area contributed by atoms with Gasteiger partial charge in [0.2, 0.25) is 0 Å². The molecule has 2 aliphatic heterocycles. The SMILES string of the molecule is CC(C)COc1ccc(C2=C(N3CCOCC3)C(=O)N(C(C)C)C2=O)cc1. The second-order valence-corrected chi connectivity index (χ2v) is 7.63. The van der Waals surface area contributed by atoms with Gasteiger partial charge in [0.1, 0.15) is 11.4 Å². The number of hydrogen-bond donors (Lipinski definition) is 0. The monoisotopic (exact) mass is 372 g/mol. The zero-order valence-corrected chi connectivity index (χ0v) is 16.5. The summed E-state index contributed by atoms with van der Waals surface area (Å²) in [7, 11) is 0. The number of nitrogens with zero attached hydrogens (tertiary/aromatic N) is 2. The van der Waals surface area contributed by atoms with Crippen molar-refractivity contribution in [3.63, 3.8) is 0 Å². The van der Waals surface area contributed by atoms with Crippen LogP contribution < -0.4 is 4.74 Å². The molecule has 1 aromatic carbocycles. The predicted octanol–water partition coefficient (Wildman–Crippen LogP) is 2.54. The lowest BCUT2D eigenvalue weighted by Gasteiger charge is -2.30. The predicted molar refractivity (Wildman–Crippen MR) is 103 cm³/mol. The highest BCUT2D eigenvalue weighted by atomic mass is 16.5. The Hall–Kier alpha value is -2.34. The average molecular weight is 372 g/mol. The van der Waals surface area contributed by atoms with Crippen LogP contribution in [-0.2, 0) is 14.3 Å². The molecule has 0 bridgehead atoms. The van der Waals surface area contributed by atoms with Gasteiger partial charge in [-0.3, -0.25) is 14.5 Å². The Labute approximate surface area is 160 Å². The van der Waals surface area contributed by atoms with E-state index in [1.165, 1.54) is 4.90 Å². The number of amides is 2. The van der Waals surface area contributed by atoms with Crippen molar-refractivity contribution in [3.05, 3.63) is 35.5 Å². The van der Waals surface area contributed by atoms with Crippen LogP contribution in [0, 0.1) is 5.92 Å². The summed E-state index contributed by atoms with van der Waals surface area (Å²) in [5.41, 5.74) is 1.72. The molecule has 2 amide bonds. The second kappa shape index (κ2) is 8.13. The summed E-state index contributed by atoms with van der Waals surface area (Å²) < 4.78 is 11.1. The molecule has 1 fully saturated rings. The van der Waals surface area contributed by atoms with Gasteiger partial charge in [-0.2, -0.15) is 0 Å². The number of rotatable bonds is 6. The summed E-state index contributed by atoms with van der Waals surface area (Å²) in [5, 5.41) is 0. The van der Waals surface area contributed by atoms with Gasteiger partial charge in [-0.05, 0) is 37.5 Å². The minimum absolute atomic E-state index is 0.188. The van der Waals surface area contributed by atoms with Crippen LogP contribution in [0.15, 0.2) is 30.0 Å². The molecule has 0 aromatic heterocycles. The summed E-state index contributed by atoms with van der Waals surface area (Å²) in [6.07, 6.45) is 0. The molecule has 0 unspecified atom stereocenters. The van der Waals surface area contributed by atoms with Crippen LogP contribution in [0.3, 0.4) is 0 Å².